The zero-order valence-electron chi connectivity index (χ0n) is 14.0. The molecule has 1 aromatic carbocycles. The van der Waals surface area contributed by atoms with E-state index in [4.69, 9.17) is 14.0 Å². The molecule has 1 amide bonds. The molecule has 0 spiro atoms. The molecule has 1 aromatic heterocycles. The second-order valence-corrected chi connectivity index (χ2v) is 6.08. The van der Waals surface area contributed by atoms with Gasteiger partial charge in [-0.15, -0.1) is 0 Å². The van der Waals surface area contributed by atoms with E-state index < -0.39 is 0 Å². The van der Waals surface area contributed by atoms with Crippen LogP contribution in [0.3, 0.4) is 0 Å². The Balaban J connectivity index is 1.74. The van der Waals surface area contributed by atoms with Gasteiger partial charge in [0.05, 0.1) is 26.4 Å². The maximum Gasteiger partial charge on any atom is 0.261 e. The fourth-order valence-electron chi connectivity index (χ4n) is 3.18. The molecule has 0 N–H and O–H groups in total. The largest absolute Gasteiger partial charge is 0.378 e. The van der Waals surface area contributed by atoms with Crippen LogP contribution in [0.15, 0.2) is 34.9 Å². The van der Waals surface area contributed by atoms with Crippen LogP contribution in [0.4, 0.5) is 5.82 Å². The Labute approximate surface area is 146 Å². The first-order chi connectivity index (χ1) is 12.3. The summed E-state index contributed by atoms with van der Waals surface area (Å²) in [6.07, 6.45) is 0. The van der Waals surface area contributed by atoms with Gasteiger partial charge in [-0.3, -0.25) is 4.79 Å². The van der Waals surface area contributed by atoms with Gasteiger partial charge in [0.2, 0.25) is 0 Å². The van der Waals surface area contributed by atoms with E-state index in [0.717, 1.165) is 5.56 Å². The standard InChI is InChI=1S/C18H21N3O4/c22-18(21-8-12-24-13-9-21)15-16(14-4-2-1-3-5-14)25-19-17(15)20-6-10-23-11-7-20/h1-5H,6-13H2. The smallest absolute Gasteiger partial charge is 0.261 e. The van der Waals surface area contributed by atoms with Gasteiger partial charge in [0.25, 0.3) is 5.91 Å². The third-order valence-electron chi connectivity index (χ3n) is 4.53. The number of rotatable bonds is 3. The molecule has 0 atom stereocenters. The average Bonchev–Trinajstić information content (AvgIpc) is 3.14. The predicted octanol–water partition coefficient (Wildman–Crippen LogP) is 1.65. The van der Waals surface area contributed by atoms with Crippen molar-refractivity contribution in [3.8, 4) is 11.3 Å². The number of aromatic nitrogens is 1. The van der Waals surface area contributed by atoms with Gasteiger partial charge in [0.1, 0.15) is 5.56 Å². The van der Waals surface area contributed by atoms with Crippen LogP contribution in [-0.4, -0.2) is 68.6 Å². The molecular weight excluding hydrogens is 322 g/mol. The molecular formula is C18H21N3O4. The Bertz CT molecular complexity index is 719. The van der Waals surface area contributed by atoms with E-state index in [1.165, 1.54) is 0 Å². The van der Waals surface area contributed by atoms with Crippen LogP contribution in [0.5, 0.6) is 0 Å². The summed E-state index contributed by atoms with van der Waals surface area (Å²) in [7, 11) is 0. The average molecular weight is 343 g/mol. The molecule has 0 radical (unpaired) electrons. The maximum absolute atomic E-state index is 13.2. The monoisotopic (exact) mass is 343 g/mol. The lowest BCUT2D eigenvalue weighted by Gasteiger charge is -2.29. The maximum atomic E-state index is 13.2. The Hall–Kier alpha value is -2.38. The lowest BCUT2D eigenvalue weighted by atomic mass is 10.1. The van der Waals surface area contributed by atoms with Crippen molar-refractivity contribution in [1.82, 2.24) is 10.1 Å². The summed E-state index contributed by atoms with van der Waals surface area (Å²) in [6.45, 7) is 4.93. The molecule has 0 saturated carbocycles. The van der Waals surface area contributed by atoms with E-state index in [-0.39, 0.29) is 5.91 Å². The number of ether oxygens (including phenoxy) is 2. The van der Waals surface area contributed by atoms with Crippen molar-refractivity contribution in [3.05, 3.63) is 35.9 Å². The van der Waals surface area contributed by atoms with Crippen molar-refractivity contribution in [3.63, 3.8) is 0 Å². The molecule has 4 rings (SSSR count). The number of benzene rings is 1. The van der Waals surface area contributed by atoms with Crippen molar-refractivity contribution >= 4 is 11.7 Å². The summed E-state index contributed by atoms with van der Waals surface area (Å²) >= 11 is 0. The van der Waals surface area contributed by atoms with Gasteiger partial charge in [0, 0.05) is 31.7 Å². The highest BCUT2D eigenvalue weighted by Gasteiger charge is 2.32. The molecule has 2 aliphatic heterocycles. The first kappa shape index (κ1) is 16.1. The van der Waals surface area contributed by atoms with E-state index >= 15 is 0 Å². The number of hydrogen-bond donors (Lipinski definition) is 0. The molecule has 7 heteroatoms. The van der Waals surface area contributed by atoms with E-state index in [1.807, 2.05) is 35.2 Å². The summed E-state index contributed by atoms with van der Waals surface area (Å²) < 4.78 is 16.4. The highest BCUT2D eigenvalue weighted by Crippen LogP contribution is 2.33. The fourth-order valence-corrected chi connectivity index (χ4v) is 3.18. The summed E-state index contributed by atoms with van der Waals surface area (Å²) in [5.41, 5.74) is 1.39. The summed E-state index contributed by atoms with van der Waals surface area (Å²) in [5.74, 6) is 1.09. The summed E-state index contributed by atoms with van der Waals surface area (Å²) in [6, 6.07) is 9.65. The molecule has 7 nitrogen and oxygen atoms in total. The van der Waals surface area contributed by atoms with Crippen LogP contribution in [0, 0.1) is 0 Å². The number of nitrogens with zero attached hydrogens (tertiary/aromatic N) is 3. The van der Waals surface area contributed by atoms with Crippen LogP contribution in [-0.2, 0) is 9.47 Å². The Kier molecular flexibility index (Phi) is 4.67. The Morgan fingerprint density at radius 3 is 2.24 bits per heavy atom. The van der Waals surface area contributed by atoms with Crippen LogP contribution in [0.25, 0.3) is 11.3 Å². The third-order valence-corrected chi connectivity index (χ3v) is 4.53. The van der Waals surface area contributed by atoms with E-state index in [0.29, 0.717) is 69.7 Å². The molecule has 132 valence electrons. The van der Waals surface area contributed by atoms with Gasteiger partial charge in [0.15, 0.2) is 11.6 Å². The summed E-state index contributed by atoms with van der Waals surface area (Å²) in [4.78, 5) is 17.1. The van der Waals surface area contributed by atoms with Gasteiger partial charge in [-0.25, -0.2) is 0 Å². The van der Waals surface area contributed by atoms with Crippen LogP contribution < -0.4 is 4.90 Å². The number of amides is 1. The van der Waals surface area contributed by atoms with E-state index in [2.05, 4.69) is 10.1 Å². The number of carbonyl (C=O) groups is 1. The quantitative estimate of drug-likeness (QED) is 0.844. The third kappa shape index (κ3) is 3.25. The van der Waals surface area contributed by atoms with Gasteiger partial charge in [-0.2, -0.15) is 0 Å². The predicted molar refractivity (Wildman–Crippen MR) is 91.7 cm³/mol. The van der Waals surface area contributed by atoms with Gasteiger partial charge >= 0.3 is 0 Å². The van der Waals surface area contributed by atoms with Gasteiger partial charge in [-0.1, -0.05) is 35.5 Å². The number of morpholine rings is 2. The normalized spacial score (nSPS) is 18.4. The van der Waals surface area contributed by atoms with E-state index in [1.54, 1.807) is 0 Å². The SMILES string of the molecule is O=C(c1c(N2CCOCC2)noc1-c1ccccc1)N1CCOCC1. The second-order valence-electron chi connectivity index (χ2n) is 6.08. The lowest BCUT2D eigenvalue weighted by Crippen LogP contribution is -2.42. The van der Waals surface area contributed by atoms with Gasteiger partial charge < -0.3 is 23.8 Å². The van der Waals surface area contributed by atoms with Crippen LogP contribution in [0.2, 0.25) is 0 Å². The molecule has 2 aliphatic rings. The first-order valence-electron chi connectivity index (χ1n) is 8.59. The minimum atomic E-state index is -0.0510. The van der Waals surface area contributed by atoms with Crippen molar-refractivity contribution in [2.75, 3.05) is 57.5 Å². The number of carbonyl (C=O) groups excluding carboxylic acids is 1. The van der Waals surface area contributed by atoms with Crippen LogP contribution >= 0.6 is 0 Å². The highest BCUT2D eigenvalue weighted by molar-refractivity contribution is 6.04. The van der Waals surface area contributed by atoms with E-state index in [9.17, 15) is 4.79 Å². The fraction of sp³-hybridized carbons (Fsp3) is 0.444. The molecule has 0 unspecified atom stereocenters. The first-order valence-corrected chi connectivity index (χ1v) is 8.59. The zero-order chi connectivity index (χ0) is 17.1. The zero-order valence-corrected chi connectivity index (χ0v) is 14.0. The minimum absolute atomic E-state index is 0.0510. The van der Waals surface area contributed by atoms with Crippen LogP contribution in [0.1, 0.15) is 10.4 Å². The van der Waals surface area contributed by atoms with Crippen molar-refractivity contribution in [2.45, 2.75) is 0 Å². The van der Waals surface area contributed by atoms with Crippen molar-refractivity contribution in [2.24, 2.45) is 0 Å². The lowest BCUT2D eigenvalue weighted by molar-refractivity contribution is 0.0303. The van der Waals surface area contributed by atoms with Gasteiger partial charge in [-0.05, 0) is 0 Å². The topological polar surface area (TPSA) is 68.0 Å². The second kappa shape index (κ2) is 7.25. The van der Waals surface area contributed by atoms with Crippen molar-refractivity contribution in [1.29, 1.82) is 0 Å². The Morgan fingerprint density at radius 2 is 1.56 bits per heavy atom. The molecule has 2 saturated heterocycles. The molecule has 2 aromatic rings. The molecule has 25 heavy (non-hydrogen) atoms. The molecule has 2 fully saturated rings. The Morgan fingerprint density at radius 1 is 0.920 bits per heavy atom. The minimum Gasteiger partial charge on any atom is -0.378 e. The summed E-state index contributed by atoms with van der Waals surface area (Å²) in [5, 5.41) is 4.25. The number of hydrogen-bond acceptors (Lipinski definition) is 6. The van der Waals surface area contributed by atoms with Crippen molar-refractivity contribution < 1.29 is 18.8 Å². The molecule has 0 aliphatic carbocycles. The number of anilines is 1. The highest BCUT2D eigenvalue weighted by atomic mass is 16.5. The molecule has 3 heterocycles. The molecule has 0 bridgehead atoms.